The Morgan fingerprint density at radius 1 is 0.889 bits per heavy atom. The van der Waals surface area contributed by atoms with Crippen molar-refractivity contribution < 1.29 is 32.3 Å². The lowest BCUT2D eigenvalue weighted by Gasteiger charge is -2.06. The summed E-state index contributed by atoms with van der Waals surface area (Å²) in [5, 5.41) is 0. The minimum atomic E-state index is -2.43. The molecular weight excluding hydrogens is 260 g/mol. The van der Waals surface area contributed by atoms with Crippen LogP contribution in [-0.2, 0) is 32.3 Å². The zero-order valence-electron chi connectivity index (χ0n) is 10.2. The first-order chi connectivity index (χ1) is 8.84. The zero-order chi connectivity index (χ0) is 12.6. The summed E-state index contributed by atoms with van der Waals surface area (Å²) in [5.74, 6) is 0. The molecule has 7 nitrogen and oxygen atoms in total. The smallest absolute Gasteiger partial charge is 0.494 e. The number of epoxide rings is 2. The molecular formula is C10H18O7Si. The van der Waals surface area contributed by atoms with E-state index in [0.29, 0.717) is 26.4 Å². The molecule has 0 aliphatic carbocycles. The Kier molecular flexibility index (Phi) is 6.01. The average molecular weight is 278 g/mol. The number of hydrogen-bond acceptors (Lipinski definition) is 7. The van der Waals surface area contributed by atoms with E-state index in [0.717, 1.165) is 13.2 Å². The summed E-state index contributed by atoms with van der Waals surface area (Å²) in [4.78, 5) is 0. The van der Waals surface area contributed by atoms with Gasteiger partial charge in [-0.1, -0.05) is 0 Å². The van der Waals surface area contributed by atoms with Gasteiger partial charge in [0.05, 0.1) is 52.9 Å². The van der Waals surface area contributed by atoms with E-state index in [9.17, 15) is 4.46 Å². The molecule has 2 heterocycles. The van der Waals surface area contributed by atoms with Gasteiger partial charge in [-0.3, -0.25) is 4.46 Å². The van der Waals surface area contributed by atoms with Crippen molar-refractivity contribution in [2.45, 2.75) is 12.2 Å². The Balaban J connectivity index is 1.30. The van der Waals surface area contributed by atoms with E-state index in [-0.39, 0.29) is 25.4 Å². The number of rotatable bonds is 12. The maximum absolute atomic E-state index is 11.2. The van der Waals surface area contributed by atoms with Crippen LogP contribution in [0.2, 0.25) is 0 Å². The Morgan fingerprint density at radius 3 is 1.72 bits per heavy atom. The van der Waals surface area contributed by atoms with Crippen molar-refractivity contribution in [3.8, 4) is 0 Å². The third kappa shape index (κ3) is 7.02. The van der Waals surface area contributed by atoms with Crippen LogP contribution < -0.4 is 0 Å². The summed E-state index contributed by atoms with van der Waals surface area (Å²) in [6, 6.07) is 0. The minimum absolute atomic E-state index is 0.242. The summed E-state index contributed by atoms with van der Waals surface area (Å²) in [7, 11) is -2.43. The van der Waals surface area contributed by atoms with Crippen molar-refractivity contribution in [2.75, 3.05) is 52.9 Å². The molecule has 2 aliphatic heterocycles. The van der Waals surface area contributed by atoms with Crippen molar-refractivity contribution in [2.24, 2.45) is 0 Å². The zero-order valence-corrected chi connectivity index (χ0v) is 11.2. The third-order valence-corrected chi connectivity index (χ3v) is 3.19. The monoisotopic (exact) mass is 278 g/mol. The van der Waals surface area contributed by atoms with Gasteiger partial charge in [0.1, 0.15) is 12.2 Å². The van der Waals surface area contributed by atoms with Crippen molar-refractivity contribution >= 4 is 9.17 Å². The van der Waals surface area contributed by atoms with Gasteiger partial charge in [-0.25, -0.2) is 0 Å². The Hall–Kier alpha value is -0.543. The quantitative estimate of drug-likeness (QED) is 0.264. The third-order valence-electron chi connectivity index (χ3n) is 2.31. The van der Waals surface area contributed by atoms with Crippen molar-refractivity contribution in [1.29, 1.82) is 0 Å². The SMILES string of the molecule is O=[Si](OCCOCC1CO1)OCCOCC1CO1. The van der Waals surface area contributed by atoms with Gasteiger partial charge in [0.25, 0.3) is 0 Å². The van der Waals surface area contributed by atoms with Crippen molar-refractivity contribution in [3.05, 3.63) is 0 Å². The van der Waals surface area contributed by atoms with E-state index in [4.69, 9.17) is 27.8 Å². The molecule has 2 atom stereocenters. The lowest BCUT2D eigenvalue weighted by Crippen LogP contribution is -2.19. The lowest BCUT2D eigenvalue weighted by molar-refractivity contribution is 0.0540. The normalized spacial score (nSPS) is 24.7. The molecule has 2 unspecified atom stereocenters. The van der Waals surface area contributed by atoms with E-state index < -0.39 is 9.17 Å². The first-order valence-electron chi connectivity index (χ1n) is 6.03. The highest BCUT2D eigenvalue weighted by Gasteiger charge is 2.23. The summed E-state index contributed by atoms with van der Waals surface area (Å²) in [6.07, 6.45) is 0.483. The summed E-state index contributed by atoms with van der Waals surface area (Å²) >= 11 is 0. The van der Waals surface area contributed by atoms with Crippen LogP contribution in [0.5, 0.6) is 0 Å². The van der Waals surface area contributed by atoms with Crippen LogP contribution in [0.4, 0.5) is 0 Å². The predicted octanol–water partition coefficient (Wildman–Crippen LogP) is -0.734. The lowest BCUT2D eigenvalue weighted by atomic mass is 10.5. The summed E-state index contributed by atoms with van der Waals surface area (Å²) in [6.45, 7) is 4.01. The topological polar surface area (TPSA) is 79.1 Å². The fourth-order valence-electron chi connectivity index (χ4n) is 1.17. The van der Waals surface area contributed by atoms with Crippen LogP contribution in [0.15, 0.2) is 0 Å². The van der Waals surface area contributed by atoms with E-state index in [2.05, 4.69) is 0 Å². The van der Waals surface area contributed by atoms with Crippen LogP contribution in [0, 0.1) is 0 Å². The van der Waals surface area contributed by atoms with Gasteiger partial charge in [0.15, 0.2) is 0 Å². The van der Waals surface area contributed by atoms with Gasteiger partial charge in [-0.05, 0) is 0 Å². The highest BCUT2D eigenvalue weighted by Crippen LogP contribution is 2.08. The van der Waals surface area contributed by atoms with Crippen LogP contribution >= 0.6 is 0 Å². The highest BCUT2D eigenvalue weighted by atomic mass is 28.3. The maximum Gasteiger partial charge on any atom is 0.767 e. The van der Waals surface area contributed by atoms with Crippen molar-refractivity contribution in [3.63, 3.8) is 0 Å². The molecule has 0 saturated carbocycles. The molecule has 0 spiro atoms. The van der Waals surface area contributed by atoms with Crippen LogP contribution in [0.1, 0.15) is 0 Å². The summed E-state index contributed by atoms with van der Waals surface area (Å²) in [5.41, 5.74) is 0. The number of ether oxygens (including phenoxy) is 4. The highest BCUT2D eigenvalue weighted by molar-refractivity contribution is 6.26. The first-order valence-corrected chi connectivity index (χ1v) is 7.25. The predicted molar refractivity (Wildman–Crippen MR) is 59.5 cm³/mol. The van der Waals surface area contributed by atoms with Gasteiger partial charge in [0.2, 0.25) is 0 Å². The molecule has 2 aliphatic rings. The number of hydrogen-bond donors (Lipinski definition) is 0. The van der Waals surface area contributed by atoms with E-state index in [1.807, 2.05) is 0 Å². The largest absolute Gasteiger partial charge is 0.767 e. The first kappa shape index (κ1) is 13.9. The van der Waals surface area contributed by atoms with Gasteiger partial charge < -0.3 is 27.8 Å². The Labute approximate surface area is 107 Å². The minimum Gasteiger partial charge on any atom is -0.494 e. The molecule has 0 aromatic heterocycles. The van der Waals surface area contributed by atoms with Gasteiger partial charge in [-0.2, -0.15) is 0 Å². The molecule has 2 rings (SSSR count). The second-order valence-corrected chi connectivity index (χ2v) is 5.08. The molecule has 2 fully saturated rings. The van der Waals surface area contributed by atoms with Crippen molar-refractivity contribution in [1.82, 2.24) is 0 Å². The summed E-state index contributed by atoms with van der Waals surface area (Å²) < 4.78 is 41.5. The van der Waals surface area contributed by atoms with Crippen LogP contribution in [-0.4, -0.2) is 74.2 Å². The maximum atomic E-state index is 11.2. The van der Waals surface area contributed by atoms with Crippen LogP contribution in [0.25, 0.3) is 0 Å². The van der Waals surface area contributed by atoms with Gasteiger partial charge in [-0.15, -0.1) is 0 Å². The van der Waals surface area contributed by atoms with E-state index >= 15 is 0 Å². The standard InChI is InChI=1S/C10H18O7Si/c11-18(16-3-1-12-5-9-7-14-9)17-4-2-13-6-10-8-15-10/h9-10H,1-8H2. The molecule has 104 valence electrons. The molecule has 8 heteroatoms. The molecule has 0 aromatic rings. The molecule has 2 saturated heterocycles. The van der Waals surface area contributed by atoms with Gasteiger partial charge >= 0.3 is 9.17 Å². The molecule has 0 amide bonds. The second kappa shape index (κ2) is 7.80. The van der Waals surface area contributed by atoms with Crippen LogP contribution in [0.3, 0.4) is 0 Å². The fourth-order valence-corrected chi connectivity index (χ4v) is 1.75. The van der Waals surface area contributed by atoms with E-state index in [1.54, 1.807) is 0 Å². The fraction of sp³-hybridized carbons (Fsp3) is 1.00. The molecule has 0 radical (unpaired) electrons. The molecule has 0 aromatic carbocycles. The second-order valence-electron chi connectivity index (χ2n) is 4.01. The molecule has 0 bridgehead atoms. The van der Waals surface area contributed by atoms with E-state index in [1.165, 1.54) is 0 Å². The van der Waals surface area contributed by atoms with Gasteiger partial charge in [0, 0.05) is 0 Å². The Bertz CT molecular complexity index is 231. The Morgan fingerprint density at radius 2 is 1.33 bits per heavy atom. The molecule has 0 N–H and O–H groups in total. The average Bonchev–Trinajstić information content (AvgIpc) is 3.23. The molecule has 18 heavy (non-hydrogen) atoms.